The normalized spacial score (nSPS) is 12.4. The number of pyridine rings is 1. The topological polar surface area (TPSA) is 107 Å². The monoisotopic (exact) mass is 267 g/mol. The minimum atomic E-state index is -2.09. The number of rotatable bonds is 3. The maximum absolute atomic E-state index is 11.7. The molecule has 94 valence electrons. The molecule has 0 aliphatic heterocycles. The lowest BCUT2D eigenvalue weighted by Crippen LogP contribution is -2.19. The zero-order valence-electron chi connectivity index (χ0n) is 9.04. The van der Waals surface area contributed by atoms with Gasteiger partial charge in [0, 0.05) is 5.39 Å². The van der Waals surface area contributed by atoms with E-state index in [0.717, 1.165) is 0 Å². The van der Waals surface area contributed by atoms with Gasteiger partial charge < -0.3 is 15.2 Å². The summed E-state index contributed by atoms with van der Waals surface area (Å²) in [5.41, 5.74) is -0.346. The molecule has 0 spiro atoms. The smallest absolute Gasteiger partial charge is 0.316 e. The molecule has 7 heteroatoms. The molecule has 1 heterocycles. The summed E-state index contributed by atoms with van der Waals surface area (Å²) in [6, 6.07) is 6.44. The molecule has 3 N–H and O–H groups in total. The highest BCUT2D eigenvalue weighted by Gasteiger charge is 2.19. The van der Waals surface area contributed by atoms with Crippen molar-refractivity contribution >= 4 is 27.7 Å². The second-order valence-corrected chi connectivity index (χ2v) is 4.95. The number of hydrogen-bond acceptors (Lipinski definition) is 4. The number of carboxylic acid groups (broad SMARTS) is 1. The Labute approximate surface area is 103 Å². The third-order valence-electron chi connectivity index (χ3n) is 2.33. The maximum Gasteiger partial charge on any atom is 0.316 e. The van der Waals surface area contributed by atoms with Gasteiger partial charge in [-0.1, -0.05) is 12.1 Å². The minimum Gasteiger partial charge on any atom is -0.506 e. The Morgan fingerprint density at radius 1 is 1.33 bits per heavy atom. The van der Waals surface area contributed by atoms with Crippen molar-refractivity contribution < 1.29 is 19.2 Å². The van der Waals surface area contributed by atoms with Crippen LogP contribution >= 0.6 is 0 Å². The van der Waals surface area contributed by atoms with E-state index in [1.807, 2.05) is 0 Å². The summed E-state index contributed by atoms with van der Waals surface area (Å²) >= 11 is 0. The molecule has 0 saturated carbocycles. The van der Waals surface area contributed by atoms with Crippen molar-refractivity contribution in [3.05, 3.63) is 34.6 Å². The lowest BCUT2D eigenvalue weighted by atomic mass is 10.2. The van der Waals surface area contributed by atoms with E-state index in [9.17, 15) is 18.9 Å². The van der Waals surface area contributed by atoms with Crippen LogP contribution in [-0.4, -0.2) is 31.1 Å². The van der Waals surface area contributed by atoms with E-state index in [1.54, 1.807) is 24.3 Å². The van der Waals surface area contributed by atoms with E-state index >= 15 is 0 Å². The molecule has 0 fully saturated rings. The van der Waals surface area contributed by atoms with Gasteiger partial charge in [0.2, 0.25) is 0 Å². The van der Waals surface area contributed by atoms with Crippen LogP contribution in [0.3, 0.4) is 0 Å². The summed E-state index contributed by atoms with van der Waals surface area (Å²) in [4.78, 5) is 24.2. The van der Waals surface area contributed by atoms with Crippen LogP contribution in [0.25, 0.3) is 10.9 Å². The van der Waals surface area contributed by atoms with Crippen molar-refractivity contribution in [3.63, 3.8) is 0 Å². The number of nitrogens with one attached hydrogen (secondary N) is 1. The van der Waals surface area contributed by atoms with E-state index in [0.29, 0.717) is 10.9 Å². The van der Waals surface area contributed by atoms with Gasteiger partial charge in [0.15, 0.2) is 0 Å². The molecular formula is C11H9NO5S. The number of H-pyrrole nitrogens is 1. The number of hydrogen-bond donors (Lipinski definition) is 3. The van der Waals surface area contributed by atoms with Crippen molar-refractivity contribution in [2.75, 3.05) is 5.75 Å². The molecule has 1 aromatic carbocycles. The van der Waals surface area contributed by atoms with Gasteiger partial charge in [-0.2, -0.15) is 0 Å². The molecule has 0 bridgehead atoms. The standard InChI is InChI=1S/C11H9NO5S/c13-8(14)5-18(17)10-9(15)6-3-1-2-4-7(6)12-11(10)16/h1-4H,5H2,(H,13,14)(H2,12,15,16)/t18-/m1/s1. The van der Waals surface area contributed by atoms with Crippen LogP contribution in [0, 0.1) is 0 Å². The van der Waals surface area contributed by atoms with E-state index < -0.39 is 38.7 Å². The van der Waals surface area contributed by atoms with Crippen molar-refractivity contribution in [2.24, 2.45) is 0 Å². The fourth-order valence-corrected chi connectivity index (χ4v) is 2.56. The van der Waals surface area contributed by atoms with Crippen LogP contribution in [-0.2, 0) is 15.6 Å². The molecule has 0 saturated heterocycles. The Bertz CT molecular complexity index is 706. The first-order valence-electron chi connectivity index (χ1n) is 4.95. The van der Waals surface area contributed by atoms with Gasteiger partial charge in [0.05, 0.1) is 16.3 Å². The van der Waals surface area contributed by atoms with Crippen LogP contribution in [0.4, 0.5) is 0 Å². The second-order valence-electron chi connectivity index (χ2n) is 3.56. The van der Waals surface area contributed by atoms with Crippen LogP contribution < -0.4 is 5.56 Å². The lowest BCUT2D eigenvalue weighted by Gasteiger charge is -2.05. The minimum absolute atomic E-state index is 0.325. The number of benzene rings is 1. The number of aromatic amines is 1. The van der Waals surface area contributed by atoms with Crippen molar-refractivity contribution in [2.45, 2.75) is 4.90 Å². The molecular weight excluding hydrogens is 258 g/mol. The zero-order valence-corrected chi connectivity index (χ0v) is 9.86. The number of aromatic hydroxyl groups is 1. The van der Waals surface area contributed by atoms with Crippen LogP contribution in [0.2, 0.25) is 0 Å². The average molecular weight is 267 g/mol. The number of fused-ring (bicyclic) bond motifs is 1. The molecule has 0 aliphatic carbocycles. The molecule has 0 aliphatic rings. The van der Waals surface area contributed by atoms with E-state index in [1.165, 1.54) is 0 Å². The van der Waals surface area contributed by atoms with Gasteiger partial charge in [-0.15, -0.1) is 0 Å². The quantitative estimate of drug-likeness (QED) is 0.747. The highest BCUT2D eigenvalue weighted by atomic mass is 32.2. The van der Waals surface area contributed by atoms with Gasteiger partial charge in [-0.25, -0.2) is 0 Å². The number of carboxylic acids is 1. The summed E-state index contributed by atoms with van der Waals surface area (Å²) in [6.45, 7) is 0. The molecule has 1 atom stereocenters. The van der Waals surface area contributed by atoms with Gasteiger partial charge in [-0.05, 0) is 12.1 Å². The Hall–Kier alpha value is -2.15. The Morgan fingerprint density at radius 3 is 2.67 bits per heavy atom. The number of para-hydroxylation sites is 1. The average Bonchev–Trinajstić information content (AvgIpc) is 2.27. The molecule has 18 heavy (non-hydrogen) atoms. The second kappa shape index (κ2) is 4.61. The molecule has 2 rings (SSSR count). The van der Waals surface area contributed by atoms with Crippen molar-refractivity contribution in [1.82, 2.24) is 4.98 Å². The van der Waals surface area contributed by atoms with E-state index in [-0.39, 0.29) is 0 Å². The SMILES string of the molecule is O=C(O)C[S@@](=O)c1c(O)c2ccccc2[nH]c1=O. The summed E-state index contributed by atoms with van der Waals surface area (Å²) in [7, 11) is -2.09. The first-order chi connectivity index (χ1) is 8.50. The van der Waals surface area contributed by atoms with Crippen LogP contribution in [0.15, 0.2) is 34.0 Å². The molecule has 0 radical (unpaired) electrons. The molecule has 2 aromatic rings. The van der Waals surface area contributed by atoms with Crippen molar-refractivity contribution in [3.8, 4) is 5.75 Å². The fourth-order valence-electron chi connectivity index (χ4n) is 1.60. The predicted molar refractivity (Wildman–Crippen MR) is 65.1 cm³/mol. The Kier molecular flexibility index (Phi) is 3.15. The third-order valence-corrected chi connectivity index (χ3v) is 3.68. The largest absolute Gasteiger partial charge is 0.506 e. The van der Waals surface area contributed by atoms with E-state index in [4.69, 9.17) is 5.11 Å². The maximum atomic E-state index is 11.7. The zero-order chi connectivity index (χ0) is 13.3. The summed E-state index contributed by atoms with van der Waals surface area (Å²) in [5, 5.41) is 18.8. The molecule has 6 nitrogen and oxygen atoms in total. The lowest BCUT2D eigenvalue weighted by molar-refractivity contribution is -0.133. The predicted octanol–water partition coefficient (Wildman–Crippen LogP) is 0.426. The number of aliphatic carboxylic acids is 1. The first-order valence-corrected chi connectivity index (χ1v) is 6.26. The highest BCUT2D eigenvalue weighted by Crippen LogP contribution is 2.26. The summed E-state index contributed by atoms with van der Waals surface area (Å²) in [6.07, 6.45) is 0. The summed E-state index contributed by atoms with van der Waals surface area (Å²) in [5.74, 6) is -2.47. The summed E-state index contributed by atoms with van der Waals surface area (Å²) < 4.78 is 11.7. The Balaban J connectivity index is 2.68. The van der Waals surface area contributed by atoms with Crippen LogP contribution in [0.5, 0.6) is 5.75 Å². The molecule has 0 unspecified atom stereocenters. The Morgan fingerprint density at radius 2 is 2.00 bits per heavy atom. The van der Waals surface area contributed by atoms with Crippen molar-refractivity contribution in [1.29, 1.82) is 0 Å². The van der Waals surface area contributed by atoms with Crippen LogP contribution in [0.1, 0.15) is 0 Å². The first kappa shape index (κ1) is 12.3. The number of carbonyl (C=O) groups is 1. The van der Waals surface area contributed by atoms with Gasteiger partial charge in [-0.3, -0.25) is 13.8 Å². The fraction of sp³-hybridized carbons (Fsp3) is 0.0909. The molecule has 1 aromatic heterocycles. The van der Waals surface area contributed by atoms with E-state index in [2.05, 4.69) is 4.98 Å². The van der Waals surface area contributed by atoms with Gasteiger partial charge >= 0.3 is 5.97 Å². The van der Waals surface area contributed by atoms with Gasteiger partial charge in [0.1, 0.15) is 16.4 Å². The highest BCUT2D eigenvalue weighted by molar-refractivity contribution is 7.85. The third kappa shape index (κ3) is 2.12. The molecule has 0 amide bonds. The number of aromatic nitrogens is 1. The van der Waals surface area contributed by atoms with Gasteiger partial charge in [0.25, 0.3) is 5.56 Å².